The van der Waals surface area contributed by atoms with E-state index < -0.39 is 0 Å². The molecule has 0 spiro atoms. The Morgan fingerprint density at radius 2 is 1.80 bits per heavy atom. The van der Waals surface area contributed by atoms with E-state index >= 15 is 0 Å². The van der Waals surface area contributed by atoms with Gasteiger partial charge < -0.3 is 5.73 Å². The Labute approximate surface area is 101 Å². The Bertz CT molecular complexity index is 299. The number of nitrogens with two attached hydrogens (primary N) is 1. The maximum absolute atomic E-state index is 6.02. The van der Waals surface area contributed by atoms with E-state index in [1.165, 1.54) is 10.0 Å². The molecule has 0 bridgehead atoms. The highest BCUT2D eigenvalue weighted by Crippen LogP contribution is 2.24. The minimum atomic E-state index is 0.247. The topological polar surface area (TPSA) is 26.0 Å². The summed E-state index contributed by atoms with van der Waals surface area (Å²) in [7, 11) is 0. The highest BCUT2D eigenvalue weighted by molar-refractivity contribution is 9.10. The molecular weight excluding hydrogens is 250 g/mol. The summed E-state index contributed by atoms with van der Waals surface area (Å²) in [5, 5.41) is 0. The van der Waals surface area contributed by atoms with Gasteiger partial charge in [-0.05, 0) is 36.8 Å². The van der Waals surface area contributed by atoms with Gasteiger partial charge in [0, 0.05) is 10.5 Å². The van der Waals surface area contributed by atoms with Gasteiger partial charge in [-0.2, -0.15) is 0 Å². The third kappa shape index (κ3) is 3.62. The summed E-state index contributed by atoms with van der Waals surface area (Å²) < 4.78 is 1.19. The van der Waals surface area contributed by atoms with E-state index in [9.17, 15) is 0 Å². The molecule has 0 aliphatic rings. The Hall–Kier alpha value is -0.340. The lowest BCUT2D eigenvalue weighted by atomic mass is 9.84. The Kier molecular flexibility index (Phi) is 4.81. The Balaban J connectivity index is 2.79. The van der Waals surface area contributed by atoms with Crippen LogP contribution in [-0.2, 0) is 6.42 Å². The molecule has 2 unspecified atom stereocenters. The molecule has 0 aliphatic carbocycles. The van der Waals surface area contributed by atoms with Crippen molar-refractivity contribution in [1.82, 2.24) is 0 Å². The number of halogens is 1. The van der Waals surface area contributed by atoms with Crippen molar-refractivity contribution in [3.05, 3.63) is 34.3 Å². The van der Waals surface area contributed by atoms with Crippen LogP contribution in [0.4, 0.5) is 0 Å². The molecule has 0 aromatic heterocycles. The molecule has 0 heterocycles. The first kappa shape index (κ1) is 12.7. The molecule has 15 heavy (non-hydrogen) atoms. The minimum absolute atomic E-state index is 0.247. The second-order valence-electron chi connectivity index (χ2n) is 4.56. The maximum atomic E-state index is 6.02. The smallest absolute Gasteiger partial charge is 0.0207 e. The van der Waals surface area contributed by atoms with Crippen LogP contribution >= 0.6 is 15.9 Å². The number of hydrogen-bond donors (Lipinski definition) is 1. The number of hydrogen-bond acceptors (Lipinski definition) is 1. The molecule has 1 rings (SSSR count). The second kappa shape index (κ2) is 5.66. The van der Waals surface area contributed by atoms with Crippen LogP contribution in [0.1, 0.15) is 26.3 Å². The molecule has 0 saturated heterocycles. The lowest BCUT2D eigenvalue weighted by Crippen LogP contribution is -2.32. The first-order valence-electron chi connectivity index (χ1n) is 5.51. The Morgan fingerprint density at radius 3 is 2.27 bits per heavy atom. The van der Waals surface area contributed by atoms with Crippen molar-refractivity contribution in [1.29, 1.82) is 0 Å². The van der Waals surface area contributed by atoms with Crippen LogP contribution in [0.5, 0.6) is 0 Å². The summed E-state index contributed by atoms with van der Waals surface area (Å²) in [6.45, 7) is 6.58. The SMILES string of the molecule is CC(C)C(Cc1ccccc1Br)C(C)N. The fraction of sp³-hybridized carbons (Fsp3) is 0.538. The first-order valence-corrected chi connectivity index (χ1v) is 6.30. The lowest BCUT2D eigenvalue weighted by Gasteiger charge is -2.25. The van der Waals surface area contributed by atoms with E-state index in [2.05, 4.69) is 54.9 Å². The molecule has 0 amide bonds. The monoisotopic (exact) mass is 269 g/mol. The fourth-order valence-electron chi connectivity index (χ4n) is 1.95. The largest absolute Gasteiger partial charge is 0.328 e. The third-order valence-electron chi connectivity index (χ3n) is 2.95. The zero-order valence-corrected chi connectivity index (χ0v) is 11.3. The zero-order valence-electron chi connectivity index (χ0n) is 9.70. The molecule has 84 valence electrons. The summed E-state index contributed by atoms with van der Waals surface area (Å²) in [5.41, 5.74) is 7.38. The van der Waals surface area contributed by atoms with Crippen molar-refractivity contribution in [3.63, 3.8) is 0 Å². The predicted molar refractivity (Wildman–Crippen MR) is 69.8 cm³/mol. The summed E-state index contributed by atoms with van der Waals surface area (Å²) in [5.74, 6) is 1.17. The molecule has 0 radical (unpaired) electrons. The van der Waals surface area contributed by atoms with Gasteiger partial charge in [0.1, 0.15) is 0 Å². The highest BCUT2D eigenvalue weighted by atomic mass is 79.9. The van der Waals surface area contributed by atoms with Gasteiger partial charge >= 0.3 is 0 Å². The quantitative estimate of drug-likeness (QED) is 0.888. The molecular formula is C13H20BrN. The first-order chi connectivity index (χ1) is 7.02. The van der Waals surface area contributed by atoms with Gasteiger partial charge in [-0.15, -0.1) is 0 Å². The summed E-state index contributed by atoms with van der Waals surface area (Å²) >= 11 is 3.58. The molecule has 2 N–H and O–H groups in total. The van der Waals surface area contributed by atoms with Gasteiger partial charge in [-0.1, -0.05) is 48.0 Å². The van der Waals surface area contributed by atoms with Crippen molar-refractivity contribution in [2.75, 3.05) is 0 Å². The zero-order chi connectivity index (χ0) is 11.4. The maximum Gasteiger partial charge on any atom is 0.0207 e. The number of benzene rings is 1. The van der Waals surface area contributed by atoms with Gasteiger partial charge in [0.15, 0.2) is 0 Å². The van der Waals surface area contributed by atoms with Gasteiger partial charge in [0.05, 0.1) is 0 Å². The molecule has 0 aliphatic heterocycles. The second-order valence-corrected chi connectivity index (χ2v) is 5.42. The van der Waals surface area contributed by atoms with Crippen LogP contribution in [0.2, 0.25) is 0 Å². The van der Waals surface area contributed by atoms with Crippen molar-refractivity contribution in [2.45, 2.75) is 33.2 Å². The molecule has 1 nitrogen and oxygen atoms in total. The molecule has 1 aromatic rings. The normalized spacial score (nSPS) is 15.3. The van der Waals surface area contributed by atoms with Crippen molar-refractivity contribution in [3.8, 4) is 0 Å². The average Bonchev–Trinajstić information content (AvgIpc) is 2.15. The van der Waals surface area contributed by atoms with Crippen LogP contribution in [0.25, 0.3) is 0 Å². The van der Waals surface area contributed by atoms with Crippen LogP contribution < -0.4 is 5.73 Å². The van der Waals surface area contributed by atoms with Crippen LogP contribution in [-0.4, -0.2) is 6.04 Å². The summed E-state index contributed by atoms with van der Waals surface area (Å²) in [6, 6.07) is 8.63. The van der Waals surface area contributed by atoms with E-state index in [1.54, 1.807) is 0 Å². The van der Waals surface area contributed by atoms with E-state index in [1.807, 2.05) is 6.07 Å². The van der Waals surface area contributed by atoms with Gasteiger partial charge in [-0.3, -0.25) is 0 Å². The minimum Gasteiger partial charge on any atom is -0.328 e. The predicted octanol–water partition coefficient (Wildman–Crippen LogP) is 3.61. The highest BCUT2D eigenvalue weighted by Gasteiger charge is 2.18. The molecule has 0 fully saturated rings. The van der Waals surface area contributed by atoms with Crippen molar-refractivity contribution >= 4 is 15.9 Å². The molecule has 2 atom stereocenters. The standard InChI is InChI=1S/C13H20BrN/c1-9(2)12(10(3)15)8-11-6-4-5-7-13(11)14/h4-7,9-10,12H,8,15H2,1-3H3. The lowest BCUT2D eigenvalue weighted by molar-refractivity contribution is 0.329. The Morgan fingerprint density at radius 1 is 1.20 bits per heavy atom. The van der Waals surface area contributed by atoms with E-state index in [0.29, 0.717) is 11.8 Å². The van der Waals surface area contributed by atoms with Gasteiger partial charge in [-0.25, -0.2) is 0 Å². The molecule has 1 aromatic carbocycles. The summed E-state index contributed by atoms with van der Waals surface area (Å²) in [4.78, 5) is 0. The average molecular weight is 270 g/mol. The summed E-state index contributed by atoms with van der Waals surface area (Å²) in [6.07, 6.45) is 1.05. The van der Waals surface area contributed by atoms with E-state index in [4.69, 9.17) is 5.73 Å². The van der Waals surface area contributed by atoms with Crippen molar-refractivity contribution in [2.24, 2.45) is 17.6 Å². The van der Waals surface area contributed by atoms with Crippen molar-refractivity contribution < 1.29 is 0 Å². The van der Waals surface area contributed by atoms with E-state index in [-0.39, 0.29) is 6.04 Å². The fourth-order valence-corrected chi connectivity index (χ4v) is 2.39. The van der Waals surface area contributed by atoms with Gasteiger partial charge in [0.25, 0.3) is 0 Å². The van der Waals surface area contributed by atoms with Crippen LogP contribution in [0.15, 0.2) is 28.7 Å². The molecule has 0 saturated carbocycles. The third-order valence-corrected chi connectivity index (χ3v) is 3.72. The number of rotatable bonds is 4. The van der Waals surface area contributed by atoms with Crippen LogP contribution in [0.3, 0.4) is 0 Å². The van der Waals surface area contributed by atoms with Crippen LogP contribution in [0, 0.1) is 11.8 Å². The van der Waals surface area contributed by atoms with E-state index in [0.717, 1.165) is 6.42 Å². The van der Waals surface area contributed by atoms with Gasteiger partial charge in [0.2, 0.25) is 0 Å². The molecule has 2 heteroatoms.